The number of rotatable bonds is 5. The summed E-state index contributed by atoms with van der Waals surface area (Å²) in [5.41, 5.74) is 1.51. The standard InChI is InChI=1S/C19H19BrN2O3/c1-12-4-2-7-16(18(12)22(24)25)19(23)21-17(13-5-3-6-13)14-8-10-15(20)11-9-14/h2,4,7-11,13,17H,3,5-6H2,1H3,(H,21,23). The zero-order valence-electron chi connectivity index (χ0n) is 13.9. The summed E-state index contributed by atoms with van der Waals surface area (Å²) in [5, 5.41) is 14.4. The predicted molar refractivity (Wildman–Crippen MR) is 99.5 cm³/mol. The number of carbonyl (C=O) groups excluding carboxylic acids is 1. The van der Waals surface area contributed by atoms with Gasteiger partial charge in [0.05, 0.1) is 11.0 Å². The average Bonchev–Trinajstić information content (AvgIpc) is 2.52. The quantitative estimate of drug-likeness (QED) is 0.568. The van der Waals surface area contributed by atoms with E-state index in [9.17, 15) is 14.9 Å². The van der Waals surface area contributed by atoms with E-state index in [1.165, 1.54) is 6.07 Å². The number of nitrogens with one attached hydrogen (secondary N) is 1. The number of nitro groups is 1. The van der Waals surface area contributed by atoms with Gasteiger partial charge in [-0.3, -0.25) is 14.9 Å². The number of amides is 1. The van der Waals surface area contributed by atoms with Gasteiger partial charge in [-0.05, 0) is 49.4 Å². The zero-order chi connectivity index (χ0) is 18.0. The van der Waals surface area contributed by atoms with Crippen molar-refractivity contribution in [3.63, 3.8) is 0 Å². The van der Waals surface area contributed by atoms with Crippen molar-refractivity contribution in [3.05, 3.63) is 73.7 Å². The van der Waals surface area contributed by atoms with Gasteiger partial charge in [0.2, 0.25) is 0 Å². The van der Waals surface area contributed by atoms with Crippen molar-refractivity contribution in [2.24, 2.45) is 5.92 Å². The third kappa shape index (κ3) is 3.74. The lowest BCUT2D eigenvalue weighted by Crippen LogP contribution is -2.36. The largest absolute Gasteiger partial charge is 0.345 e. The normalized spacial score (nSPS) is 15.3. The molecular formula is C19H19BrN2O3. The maximum Gasteiger partial charge on any atom is 0.285 e. The first kappa shape index (κ1) is 17.6. The van der Waals surface area contributed by atoms with E-state index >= 15 is 0 Å². The van der Waals surface area contributed by atoms with Crippen LogP contribution in [0, 0.1) is 23.0 Å². The Morgan fingerprint density at radius 3 is 2.48 bits per heavy atom. The van der Waals surface area contributed by atoms with Gasteiger partial charge < -0.3 is 5.32 Å². The molecule has 1 aliphatic carbocycles. The van der Waals surface area contributed by atoms with Gasteiger partial charge in [0.1, 0.15) is 5.56 Å². The van der Waals surface area contributed by atoms with Crippen molar-refractivity contribution in [2.75, 3.05) is 0 Å². The molecule has 0 spiro atoms. The second-order valence-electron chi connectivity index (χ2n) is 6.42. The lowest BCUT2D eigenvalue weighted by Gasteiger charge is -2.34. The van der Waals surface area contributed by atoms with Gasteiger partial charge in [0.25, 0.3) is 11.6 Å². The van der Waals surface area contributed by atoms with Crippen LogP contribution in [-0.2, 0) is 0 Å². The number of benzene rings is 2. The molecule has 1 aliphatic rings. The van der Waals surface area contributed by atoms with E-state index in [-0.39, 0.29) is 17.3 Å². The summed E-state index contributed by atoms with van der Waals surface area (Å²) in [6.07, 6.45) is 3.26. The molecule has 1 fully saturated rings. The number of nitro benzene ring substituents is 1. The lowest BCUT2D eigenvalue weighted by atomic mass is 9.77. The van der Waals surface area contributed by atoms with Crippen molar-refractivity contribution in [2.45, 2.75) is 32.2 Å². The van der Waals surface area contributed by atoms with Crippen LogP contribution >= 0.6 is 15.9 Å². The highest BCUT2D eigenvalue weighted by Crippen LogP contribution is 2.38. The molecule has 130 valence electrons. The molecule has 5 nitrogen and oxygen atoms in total. The number of aryl methyl sites for hydroxylation is 1. The van der Waals surface area contributed by atoms with Crippen molar-refractivity contribution in [1.82, 2.24) is 5.32 Å². The predicted octanol–water partition coefficient (Wildman–Crippen LogP) is 4.94. The molecule has 0 aromatic heterocycles. The Morgan fingerprint density at radius 1 is 1.24 bits per heavy atom. The van der Waals surface area contributed by atoms with Gasteiger partial charge >= 0.3 is 0 Å². The zero-order valence-corrected chi connectivity index (χ0v) is 15.5. The third-order valence-corrected chi connectivity index (χ3v) is 5.33. The fourth-order valence-electron chi connectivity index (χ4n) is 3.22. The van der Waals surface area contributed by atoms with Crippen molar-refractivity contribution < 1.29 is 9.72 Å². The average molecular weight is 403 g/mol. The number of para-hydroxylation sites is 1. The molecule has 1 amide bonds. The van der Waals surface area contributed by atoms with Gasteiger partial charge in [0, 0.05) is 10.0 Å². The first-order valence-corrected chi connectivity index (χ1v) is 9.07. The molecule has 25 heavy (non-hydrogen) atoms. The Hall–Kier alpha value is -2.21. The van der Waals surface area contributed by atoms with Crippen molar-refractivity contribution >= 4 is 27.5 Å². The highest BCUT2D eigenvalue weighted by molar-refractivity contribution is 9.10. The van der Waals surface area contributed by atoms with Gasteiger partial charge in [-0.1, -0.05) is 46.6 Å². The molecule has 0 saturated heterocycles. The molecule has 0 bridgehead atoms. The van der Waals surface area contributed by atoms with E-state index in [1.807, 2.05) is 24.3 Å². The fraction of sp³-hybridized carbons (Fsp3) is 0.316. The van der Waals surface area contributed by atoms with E-state index in [1.54, 1.807) is 19.1 Å². The SMILES string of the molecule is Cc1cccc(C(=O)NC(c2ccc(Br)cc2)C2CCC2)c1[N+](=O)[O-]. The summed E-state index contributed by atoms with van der Waals surface area (Å²) in [6, 6.07) is 12.6. The second-order valence-corrected chi connectivity index (χ2v) is 7.34. The molecule has 3 rings (SSSR count). The Balaban J connectivity index is 1.90. The minimum absolute atomic E-state index is 0.117. The van der Waals surface area contributed by atoms with Crippen LogP contribution in [0.15, 0.2) is 46.9 Å². The fourth-order valence-corrected chi connectivity index (χ4v) is 3.48. The summed E-state index contributed by atoms with van der Waals surface area (Å²) in [6.45, 7) is 1.65. The molecule has 0 heterocycles. The molecule has 2 aromatic rings. The molecule has 1 saturated carbocycles. The van der Waals surface area contributed by atoms with Crippen LogP contribution in [0.4, 0.5) is 5.69 Å². The summed E-state index contributed by atoms with van der Waals surface area (Å²) >= 11 is 3.42. The van der Waals surface area contributed by atoms with Crippen LogP contribution in [0.25, 0.3) is 0 Å². The maximum absolute atomic E-state index is 12.8. The van der Waals surface area contributed by atoms with Crippen molar-refractivity contribution in [3.8, 4) is 0 Å². The summed E-state index contributed by atoms with van der Waals surface area (Å²) < 4.78 is 0.976. The maximum atomic E-state index is 12.8. The molecule has 1 atom stereocenters. The number of halogens is 1. The summed E-state index contributed by atoms with van der Waals surface area (Å²) in [7, 11) is 0. The Labute approximate surface area is 154 Å². The third-order valence-electron chi connectivity index (χ3n) is 4.80. The van der Waals surface area contributed by atoms with E-state index in [0.717, 1.165) is 29.3 Å². The van der Waals surface area contributed by atoms with Crippen LogP contribution in [-0.4, -0.2) is 10.8 Å². The Bertz CT molecular complexity index is 801. The first-order chi connectivity index (χ1) is 12.0. The first-order valence-electron chi connectivity index (χ1n) is 8.27. The number of hydrogen-bond donors (Lipinski definition) is 1. The highest BCUT2D eigenvalue weighted by Gasteiger charge is 2.31. The smallest absolute Gasteiger partial charge is 0.285 e. The van der Waals surface area contributed by atoms with Crippen LogP contribution in [0.1, 0.15) is 46.8 Å². The molecular weight excluding hydrogens is 384 g/mol. The van der Waals surface area contributed by atoms with E-state index < -0.39 is 10.8 Å². The minimum atomic E-state index is -0.484. The molecule has 1 unspecified atom stereocenters. The number of hydrogen-bond acceptors (Lipinski definition) is 3. The lowest BCUT2D eigenvalue weighted by molar-refractivity contribution is -0.385. The van der Waals surface area contributed by atoms with E-state index in [0.29, 0.717) is 11.5 Å². The van der Waals surface area contributed by atoms with Crippen LogP contribution < -0.4 is 5.32 Å². The van der Waals surface area contributed by atoms with E-state index in [4.69, 9.17) is 0 Å². The molecule has 2 aromatic carbocycles. The van der Waals surface area contributed by atoms with Crippen LogP contribution in [0.3, 0.4) is 0 Å². The van der Waals surface area contributed by atoms with E-state index in [2.05, 4.69) is 21.2 Å². The Morgan fingerprint density at radius 2 is 1.92 bits per heavy atom. The molecule has 0 radical (unpaired) electrons. The topological polar surface area (TPSA) is 72.2 Å². The molecule has 1 N–H and O–H groups in total. The van der Waals surface area contributed by atoms with Gasteiger partial charge in [-0.15, -0.1) is 0 Å². The van der Waals surface area contributed by atoms with Crippen LogP contribution in [0.5, 0.6) is 0 Å². The van der Waals surface area contributed by atoms with Gasteiger partial charge in [-0.2, -0.15) is 0 Å². The number of nitrogens with zero attached hydrogens (tertiary/aromatic N) is 1. The monoisotopic (exact) mass is 402 g/mol. The van der Waals surface area contributed by atoms with Gasteiger partial charge in [0.15, 0.2) is 0 Å². The number of carbonyl (C=O) groups is 1. The van der Waals surface area contributed by atoms with Gasteiger partial charge in [-0.25, -0.2) is 0 Å². The Kier molecular flexibility index (Phi) is 5.18. The summed E-state index contributed by atoms with van der Waals surface area (Å²) in [5.74, 6) is -0.0239. The minimum Gasteiger partial charge on any atom is -0.345 e. The highest BCUT2D eigenvalue weighted by atomic mass is 79.9. The van der Waals surface area contributed by atoms with Crippen LogP contribution in [0.2, 0.25) is 0 Å². The molecule has 0 aliphatic heterocycles. The summed E-state index contributed by atoms with van der Waals surface area (Å²) in [4.78, 5) is 23.7. The van der Waals surface area contributed by atoms with Crippen molar-refractivity contribution in [1.29, 1.82) is 0 Å². The second kappa shape index (κ2) is 7.35. The molecule has 6 heteroatoms.